The molecule has 0 unspecified atom stereocenters. The minimum absolute atomic E-state index is 0.0995. The maximum atomic E-state index is 11.7. The summed E-state index contributed by atoms with van der Waals surface area (Å²) in [7, 11) is 0. The summed E-state index contributed by atoms with van der Waals surface area (Å²) in [6, 6.07) is 0. The number of rotatable bonds is 4. The van der Waals surface area contributed by atoms with Crippen molar-refractivity contribution in [3.8, 4) is 0 Å². The molecule has 2 rings (SSSR count). The molecule has 0 saturated carbocycles. The summed E-state index contributed by atoms with van der Waals surface area (Å²) in [5.74, 6) is 0.0995. The van der Waals surface area contributed by atoms with Gasteiger partial charge in [-0.3, -0.25) is 4.79 Å². The van der Waals surface area contributed by atoms with Crippen LogP contribution in [0.15, 0.2) is 5.38 Å². The highest BCUT2D eigenvalue weighted by molar-refractivity contribution is 7.13. The Morgan fingerprint density at radius 1 is 1.42 bits per heavy atom. The quantitative estimate of drug-likeness (QED) is 0.922. The van der Waals surface area contributed by atoms with Crippen LogP contribution in [-0.4, -0.2) is 30.5 Å². The van der Waals surface area contributed by atoms with E-state index in [1.54, 1.807) is 11.3 Å². The van der Waals surface area contributed by atoms with Crippen LogP contribution in [0.2, 0.25) is 0 Å². The lowest BCUT2D eigenvalue weighted by Crippen LogP contribution is -2.35. The Bertz CT molecular complexity index is 430. The second-order valence-corrected chi connectivity index (χ2v) is 6.91. The predicted octanol–water partition coefficient (Wildman–Crippen LogP) is 2.45. The van der Waals surface area contributed by atoms with Crippen LogP contribution in [0, 0.1) is 5.41 Å². The normalized spacial score (nSPS) is 15.8. The molecule has 2 heterocycles. The fourth-order valence-corrected chi connectivity index (χ4v) is 2.95. The lowest BCUT2D eigenvalue weighted by Gasteiger charge is -2.17. The van der Waals surface area contributed by atoms with Gasteiger partial charge in [0.25, 0.3) is 0 Å². The van der Waals surface area contributed by atoms with Gasteiger partial charge in [-0.2, -0.15) is 0 Å². The minimum atomic E-state index is -0.317. The molecule has 1 fully saturated rings. The van der Waals surface area contributed by atoms with Gasteiger partial charge >= 0.3 is 0 Å². The van der Waals surface area contributed by atoms with E-state index in [9.17, 15) is 4.79 Å². The second kappa shape index (κ2) is 5.90. The average molecular weight is 281 g/mol. The zero-order valence-corrected chi connectivity index (χ0v) is 12.8. The lowest BCUT2D eigenvalue weighted by molar-refractivity contribution is -0.128. The number of nitrogens with zero attached hydrogens (tertiary/aromatic N) is 2. The number of nitrogens with one attached hydrogen (secondary N) is 1. The second-order valence-electron chi connectivity index (χ2n) is 6.07. The maximum absolute atomic E-state index is 11.7. The van der Waals surface area contributed by atoms with Crippen LogP contribution in [0.25, 0.3) is 0 Å². The summed E-state index contributed by atoms with van der Waals surface area (Å²) in [4.78, 5) is 18.7. The number of carbonyl (C=O) groups excluding carboxylic acids is 1. The molecule has 0 bridgehead atoms. The summed E-state index contributed by atoms with van der Waals surface area (Å²) < 4.78 is 0. The van der Waals surface area contributed by atoms with E-state index in [4.69, 9.17) is 0 Å². The lowest BCUT2D eigenvalue weighted by atomic mass is 9.96. The highest BCUT2D eigenvalue weighted by Crippen LogP contribution is 2.24. The molecule has 106 valence electrons. The van der Waals surface area contributed by atoms with Crippen LogP contribution >= 0.6 is 11.3 Å². The molecular formula is C14H23N3OS. The van der Waals surface area contributed by atoms with Crippen LogP contribution in [0.4, 0.5) is 5.13 Å². The van der Waals surface area contributed by atoms with Crippen LogP contribution in [-0.2, 0) is 11.2 Å². The van der Waals surface area contributed by atoms with Crippen molar-refractivity contribution in [2.24, 2.45) is 5.41 Å². The molecule has 0 aromatic carbocycles. The smallest absolute Gasteiger partial charge is 0.225 e. The molecule has 0 aliphatic carbocycles. The van der Waals surface area contributed by atoms with Gasteiger partial charge in [0.2, 0.25) is 5.91 Å². The molecule has 1 amide bonds. The fourth-order valence-electron chi connectivity index (χ4n) is 2.03. The summed E-state index contributed by atoms with van der Waals surface area (Å²) >= 11 is 1.71. The zero-order chi connectivity index (χ0) is 13.9. The molecule has 1 aromatic rings. The molecule has 0 radical (unpaired) electrons. The molecule has 1 N–H and O–H groups in total. The Balaban J connectivity index is 1.79. The van der Waals surface area contributed by atoms with E-state index in [0.717, 1.165) is 30.3 Å². The average Bonchev–Trinajstić information content (AvgIpc) is 2.97. The first kappa shape index (κ1) is 14.3. The molecule has 1 aliphatic rings. The number of anilines is 1. The van der Waals surface area contributed by atoms with Crippen molar-refractivity contribution in [1.82, 2.24) is 10.3 Å². The molecular weight excluding hydrogens is 258 g/mol. The predicted molar refractivity (Wildman–Crippen MR) is 79.7 cm³/mol. The Hall–Kier alpha value is -1.10. The maximum Gasteiger partial charge on any atom is 0.225 e. The number of hydrogen-bond acceptors (Lipinski definition) is 4. The Kier molecular flexibility index (Phi) is 4.45. The monoisotopic (exact) mass is 281 g/mol. The van der Waals surface area contributed by atoms with Gasteiger partial charge in [-0.1, -0.05) is 20.8 Å². The Morgan fingerprint density at radius 3 is 2.74 bits per heavy atom. The van der Waals surface area contributed by atoms with Crippen LogP contribution in [0.1, 0.15) is 39.3 Å². The summed E-state index contributed by atoms with van der Waals surface area (Å²) in [5, 5.41) is 6.20. The van der Waals surface area contributed by atoms with Crippen molar-refractivity contribution >= 4 is 22.4 Å². The molecule has 1 saturated heterocycles. The van der Waals surface area contributed by atoms with E-state index in [1.807, 2.05) is 20.8 Å². The molecule has 19 heavy (non-hydrogen) atoms. The van der Waals surface area contributed by atoms with Gasteiger partial charge in [-0.15, -0.1) is 11.3 Å². The van der Waals surface area contributed by atoms with E-state index in [-0.39, 0.29) is 11.3 Å². The third kappa shape index (κ3) is 3.93. The van der Waals surface area contributed by atoms with E-state index in [1.165, 1.54) is 12.8 Å². The van der Waals surface area contributed by atoms with Crippen molar-refractivity contribution in [2.75, 3.05) is 24.5 Å². The summed E-state index contributed by atoms with van der Waals surface area (Å²) in [6.45, 7) is 8.71. The molecule has 0 spiro atoms. The van der Waals surface area contributed by atoms with Crippen molar-refractivity contribution < 1.29 is 4.79 Å². The highest BCUT2D eigenvalue weighted by atomic mass is 32.1. The van der Waals surface area contributed by atoms with E-state index in [0.29, 0.717) is 6.54 Å². The Labute approximate surface area is 119 Å². The minimum Gasteiger partial charge on any atom is -0.355 e. The van der Waals surface area contributed by atoms with Crippen molar-refractivity contribution in [2.45, 2.75) is 40.0 Å². The topological polar surface area (TPSA) is 45.2 Å². The zero-order valence-electron chi connectivity index (χ0n) is 12.0. The largest absolute Gasteiger partial charge is 0.355 e. The van der Waals surface area contributed by atoms with Crippen molar-refractivity contribution in [1.29, 1.82) is 0 Å². The third-order valence-corrected chi connectivity index (χ3v) is 4.21. The first-order valence-electron chi connectivity index (χ1n) is 6.94. The van der Waals surface area contributed by atoms with Gasteiger partial charge in [0.05, 0.1) is 5.69 Å². The third-order valence-electron chi connectivity index (χ3n) is 3.26. The molecule has 1 aromatic heterocycles. The highest BCUT2D eigenvalue weighted by Gasteiger charge is 2.20. The fraction of sp³-hybridized carbons (Fsp3) is 0.714. The van der Waals surface area contributed by atoms with E-state index < -0.39 is 0 Å². The number of hydrogen-bond donors (Lipinski definition) is 1. The first-order valence-corrected chi connectivity index (χ1v) is 7.82. The van der Waals surface area contributed by atoms with Crippen LogP contribution in [0.3, 0.4) is 0 Å². The van der Waals surface area contributed by atoms with Gasteiger partial charge < -0.3 is 10.2 Å². The van der Waals surface area contributed by atoms with Crippen molar-refractivity contribution in [3.05, 3.63) is 11.1 Å². The van der Waals surface area contributed by atoms with E-state index >= 15 is 0 Å². The summed E-state index contributed by atoms with van der Waals surface area (Å²) in [6.07, 6.45) is 3.36. The van der Waals surface area contributed by atoms with Crippen molar-refractivity contribution in [3.63, 3.8) is 0 Å². The van der Waals surface area contributed by atoms with Crippen LogP contribution < -0.4 is 10.2 Å². The van der Waals surface area contributed by atoms with Gasteiger partial charge in [0.15, 0.2) is 5.13 Å². The molecule has 1 aliphatic heterocycles. The number of thiazole rings is 1. The van der Waals surface area contributed by atoms with Gasteiger partial charge in [-0.25, -0.2) is 4.98 Å². The first-order chi connectivity index (χ1) is 8.97. The summed E-state index contributed by atoms with van der Waals surface area (Å²) in [5.41, 5.74) is 0.768. The van der Waals surface area contributed by atoms with E-state index in [2.05, 4.69) is 20.6 Å². The van der Waals surface area contributed by atoms with Gasteiger partial charge in [-0.05, 0) is 12.8 Å². The number of amides is 1. The standard InChI is InChI=1S/C14H23N3OS/c1-14(2,3)12(18)15-7-6-11-10-19-13(16-11)17-8-4-5-9-17/h10H,4-9H2,1-3H3,(H,15,18). The van der Waals surface area contributed by atoms with Gasteiger partial charge in [0.1, 0.15) is 0 Å². The Morgan fingerprint density at radius 2 is 2.11 bits per heavy atom. The van der Waals surface area contributed by atoms with Crippen LogP contribution in [0.5, 0.6) is 0 Å². The van der Waals surface area contributed by atoms with Gasteiger partial charge in [0, 0.05) is 36.9 Å². The molecule has 4 nitrogen and oxygen atoms in total. The number of aromatic nitrogens is 1. The molecule has 5 heteroatoms. The number of carbonyl (C=O) groups is 1. The SMILES string of the molecule is CC(C)(C)C(=O)NCCc1csc(N2CCCC2)n1. The molecule has 0 atom stereocenters.